The lowest BCUT2D eigenvalue weighted by atomic mass is 9.81. The molecule has 2 aliphatic rings. The molecule has 0 spiro atoms. The molecule has 1 heterocycles. The zero-order valence-corrected chi connectivity index (χ0v) is 12.9. The second-order valence-electron chi connectivity index (χ2n) is 6.67. The first-order valence-electron chi connectivity index (χ1n) is 7.85. The fourth-order valence-corrected chi connectivity index (χ4v) is 3.32. The Labute approximate surface area is 134 Å². The number of carbonyl (C=O) groups is 2. The van der Waals surface area contributed by atoms with Gasteiger partial charge in [0.2, 0.25) is 0 Å². The number of benzene rings is 2. The van der Waals surface area contributed by atoms with Crippen LogP contribution >= 0.6 is 0 Å². The van der Waals surface area contributed by atoms with Crippen LogP contribution < -0.4 is 10.6 Å². The molecule has 23 heavy (non-hydrogen) atoms. The summed E-state index contributed by atoms with van der Waals surface area (Å²) in [6.07, 6.45) is 2.32. The summed E-state index contributed by atoms with van der Waals surface area (Å²) < 4.78 is 0. The summed E-state index contributed by atoms with van der Waals surface area (Å²) in [4.78, 5) is 24.6. The van der Waals surface area contributed by atoms with Crippen molar-refractivity contribution in [3.05, 3.63) is 71.3 Å². The standard InChI is InChI=1S/C19H18N2O2/c1-18(10-11-18)14-8-5-9-15(12-14)19(13-6-3-2-4-7-13)16(22)20-17(23)21-19/h2-9,12H,10-11H2,1H3,(H2,20,21,22,23). The van der Waals surface area contributed by atoms with Gasteiger partial charge in [0.15, 0.2) is 5.54 Å². The number of urea groups is 1. The third-order valence-corrected chi connectivity index (χ3v) is 5.07. The van der Waals surface area contributed by atoms with Gasteiger partial charge in [-0.3, -0.25) is 10.1 Å². The molecule has 3 amide bonds. The Morgan fingerprint density at radius 3 is 2.13 bits per heavy atom. The van der Waals surface area contributed by atoms with Gasteiger partial charge in [-0.2, -0.15) is 0 Å². The van der Waals surface area contributed by atoms with E-state index in [9.17, 15) is 9.59 Å². The second kappa shape index (κ2) is 4.69. The van der Waals surface area contributed by atoms with Crippen molar-refractivity contribution in [2.75, 3.05) is 0 Å². The summed E-state index contributed by atoms with van der Waals surface area (Å²) in [6, 6.07) is 17.0. The van der Waals surface area contributed by atoms with E-state index in [4.69, 9.17) is 0 Å². The van der Waals surface area contributed by atoms with Crippen molar-refractivity contribution in [3.8, 4) is 0 Å². The molecule has 2 aromatic carbocycles. The quantitative estimate of drug-likeness (QED) is 0.857. The van der Waals surface area contributed by atoms with E-state index in [1.165, 1.54) is 5.56 Å². The van der Waals surface area contributed by atoms with E-state index in [1.807, 2.05) is 42.5 Å². The van der Waals surface area contributed by atoms with Gasteiger partial charge >= 0.3 is 6.03 Å². The molecule has 1 atom stereocenters. The highest BCUT2D eigenvalue weighted by Gasteiger charge is 2.50. The van der Waals surface area contributed by atoms with Crippen molar-refractivity contribution in [1.82, 2.24) is 10.6 Å². The minimum atomic E-state index is -1.15. The molecule has 1 unspecified atom stereocenters. The lowest BCUT2D eigenvalue weighted by Gasteiger charge is -2.28. The van der Waals surface area contributed by atoms with E-state index in [2.05, 4.69) is 29.7 Å². The Hall–Kier alpha value is -2.62. The number of hydrogen-bond acceptors (Lipinski definition) is 2. The lowest BCUT2D eigenvalue weighted by Crippen LogP contribution is -2.45. The SMILES string of the molecule is CC1(c2cccc(C3(c4ccccc4)NC(=O)NC3=O)c2)CC1. The maximum absolute atomic E-state index is 12.7. The zero-order chi connectivity index (χ0) is 16.1. The molecule has 2 aromatic rings. The molecule has 1 aliphatic heterocycles. The number of hydrogen-bond donors (Lipinski definition) is 2. The van der Waals surface area contributed by atoms with Crippen molar-refractivity contribution < 1.29 is 9.59 Å². The van der Waals surface area contributed by atoms with Crippen molar-refractivity contribution in [2.45, 2.75) is 30.7 Å². The number of imide groups is 1. The average Bonchev–Trinajstić information content (AvgIpc) is 3.24. The third-order valence-electron chi connectivity index (χ3n) is 5.07. The molecule has 2 N–H and O–H groups in total. The van der Waals surface area contributed by atoms with Gasteiger partial charge in [0.25, 0.3) is 5.91 Å². The van der Waals surface area contributed by atoms with Crippen LogP contribution in [0.4, 0.5) is 4.79 Å². The minimum Gasteiger partial charge on any atom is -0.316 e. The molecule has 0 bridgehead atoms. The maximum atomic E-state index is 12.7. The Morgan fingerprint density at radius 2 is 1.52 bits per heavy atom. The van der Waals surface area contributed by atoms with Gasteiger partial charge in [0, 0.05) is 0 Å². The molecule has 0 radical (unpaired) electrons. The smallest absolute Gasteiger partial charge is 0.316 e. The fraction of sp³-hybridized carbons (Fsp3) is 0.263. The van der Waals surface area contributed by atoms with Crippen molar-refractivity contribution >= 4 is 11.9 Å². The Balaban J connectivity index is 1.90. The zero-order valence-electron chi connectivity index (χ0n) is 12.9. The molecular formula is C19H18N2O2. The molecule has 116 valence electrons. The number of amides is 3. The van der Waals surface area contributed by atoms with Crippen molar-refractivity contribution in [3.63, 3.8) is 0 Å². The number of rotatable bonds is 3. The predicted molar refractivity (Wildman–Crippen MR) is 86.9 cm³/mol. The summed E-state index contributed by atoms with van der Waals surface area (Å²) in [7, 11) is 0. The Kier molecular flexibility index (Phi) is 2.85. The third kappa shape index (κ3) is 2.05. The van der Waals surface area contributed by atoms with Crippen LogP contribution in [0.25, 0.3) is 0 Å². The van der Waals surface area contributed by atoms with Crippen LogP contribution in [0.15, 0.2) is 54.6 Å². The minimum absolute atomic E-state index is 0.201. The first-order valence-corrected chi connectivity index (χ1v) is 7.85. The van der Waals surface area contributed by atoms with Crippen molar-refractivity contribution in [2.24, 2.45) is 0 Å². The highest BCUT2D eigenvalue weighted by atomic mass is 16.2. The topological polar surface area (TPSA) is 58.2 Å². The van der Waals surface area contributed by atoms with E-state index in [0.717, 1.165) is 24.0 Å². The fourth-order valence-electron chi connectivity index (χ4n) is 3.32. The monoisotopic (exact) mass is 306 g/mol. The van der Waals surface area contributed by atoms with Gasteiger partial charge in [-0.05, 0) is 34.9 Å². The van der Waals surface area contributed by atoms with Crippen LogP contribution in [-0.4, -0.2) is 11.9 Å². The molecule has 0 aromatic heterocycles. The van der Waals surface area contributed by atoms with E-state index in [0.29, 0.717) is 0 Å². The molecule has 1 aliphatic carbocycles. The van der Waals surface area contributed by atoms with Gasteiger partial charge in [0.05, 0.1) is 0 Å². The van der Waals surface area contributed by atoms with E-state index < -0.39 is 11.6 Å². The highest BCUT2D eigenvalue weighted by molar-refractivity contribution is 6.09. The lowest BCUT2D eigenvalue weighted by molar-refractivity contribution is -0.122. The predicted octanol–water partition coefficient (Wildman–Crippen LogP) is 2.82. The summed E-state index contributed by atoms with van der Waals surface area (Å²) in [5.41, 5.74) is 1.84. The highest BCUT2D eigenvalue weighted by Crippen LogP contribution is 2.48. The van der Waals surface area contributed by atoms with Crippen molar-refractivity contribution in [1.29, 1.82) is 0 Å². The Bertz CT molecular complexity index is 796. The normalized spacial score (nSPS) is 24.9. The molecule has 2 fully saturated rings. The van der Waals surface area contributed by atoms with Crippen LogP contribution in [0, 0.1) is 0 Å². The number of nitrogens with one attached hydrogen (secondary N) is 2. The van der Waals surface area contributed by atoms with Gasteiger partial charge < -0.3 is 5.32 Å². The van der Waals surface area contributed by atoms with Gasteiger partial charge in [0.1, 0.15) is 0 Å². The molecule has 4 heteroatoms. The molecule has 1 saturated carbocycles. The maximum Gasteiger partial charge on any atom is 0.322 e. The summed E-state index contributed by atoms with van der Waals surface area (Å²) in [6.45, 7) is 2.23. The van der Waals surface area contributed by atoms with E-state index in [-0.39, 0.29) is 11.3 Å². The number of carbonyl (C=O) groups excluding carboxylic acids is 2. The first kappa shape index (κ1) is 14.0. The summed E-state index contributed by atoms with van der Waals surface area (Å²) in [5, 5.41) is 5.24. The second-order valence-corrected chi connectivity index (χ2v) is 6.67. The van der Waals surface area contributed by atoms with Crippen LogP contribution in [0.5, 0.6) is 0 Å². The van der Waals surface area contributed by atoms with Crippen LogP contribution in [-0.2, 0) is 15.7 Å². The average molecular weight is 306 g/mol. The molecule has 1 saturated heterocycles. The van der Waals surface area contributed by atoms with Gasteiger partial charge in [-0.25, -0.2) is 4.79 Å². The Morgan fingerprint density at radius 1 is 0.870 bits per heavy atom. The summed E-state index contributed by atoms with van der Waals surface area (Å²) >= 11 is 0. The first-order chi connectivity index (χ1) is 11.0. The summed E-state index contributed by atoms with van der Waals surface area (Å²) in [5.74, 6) is -0.327. The van der Waals surface area contributed by atoms with Crippen LogP contribution in [0.2, 0.25) is 0 Å². The largest absolute Gasteiger partial charge is 0.322 e. The van der Waals surface area contributed by atoms with E-state index in [1.54, 1.807) is 0 Å². The van der Waals surface area contributed by atoms with Gasteiger partial charge in [-0.15, -0.1) is 0 Å². The van der Waals surface area contributed by atoms with E-state index >= 15 is 0 Å². The molecule has 4 nitrogen and oxygen atoms in total. The molecular weight excluding hydrogens is 288 g/mol. The molecule has 4 rings (SSSR count). The van der Waals surface area contributed by atoms with Gasteiger partial charge in [-0.1, -0.05) is 61.5 Å². The van der Waals surface area contributed by atoms with Crippen LogP contribution in [0.3, 0.4) is 0 Å². The van der Waals surface area contributed by atoms with Crippen LogP contribution in [0.1, 0.15) is 36.5 Å².